The lowest BCUT2D eigenvalue weighted by molar-refractivity contribution is -0.122. The molecule has 0 atom stereocenters. The van der Waals surface area contributed by atoms with E-state index in [2.05, 4.69) is 5.32 Å². The number of hydrogen-bond acceptors (Lipinski definition) is 6. The summed E-state index contributed by atoms with van der Waals surface area (Å²) in [6.45, 7) is 3.82. The summed E-state index contributed by atoms with van der Waals surface area (Å²) in [5.74, 6) is -1.01. The van der Waals surface area contributed by atoms with Crippen LogP contribution in [0.15, 0.2) is 35.9 Å². The SMILES string of the molecule is COc1cc(/C=C2\C(=O)NC(=S)N(c3cccc(C)c3C)C2=O)cc(OC)c1O. The van der Waals surface area contributed by atoms with Crippen molar-refractivity contribution < 1.29 is 24.2 Å². The van der Waals surface area contributed by atoms with Crippen LogP contribution in [0.1, 0.15) is 16.7 Å². The quantitative estimate of drug-likeness (QED) is 0.456. The molecule has 2 N–H and O–H groups in total. The molecule has 29 heavy (non-hydrogen) atoms. The summed E-state index contributed by atoms with van der Waals surface area (Å²) in [5, 5.41) is 12.6. The zero-order valence-electron chi connectivity index (χ0n) is 16.4. The van der Waals surface area contributed by atoms with Gasteiger partial charge in [-0.15, -0.1) is 0 Å². The van der Waals surface area contributed by atoms with Crippen LogP contribution in [0.5, 0.6) is 17.2 Å². The topological polar surface area (TPSA) is 88.1 Å². The van der Waals surface area contributed by atoms with Crippen molar-refractivity contribution in [2.75, 3.05) is 19.1 Å². The fourth-order valence-corrected chi connectivity index (χ4v) is 3.29. The van der Waals surface area contributed by atoms with Crippen LogP contribution in [0.3, 0.4) is 0 Å². The number of aromatic hydroxyl groups is 1. The van der Waals surface area contributed by atoms with E-state index < -0.39 is 11.8 Å². The summed E-state index contributed by atoms with van der Waals surface area (Å²) in [6, 6.07) is 8.53. The molecule has 2 aromatic rings. The van der Waals surface area contributed by atoms with Gasteiger partial charge in [-0.05, 0) is 67.0 Å². The van der Waals surface area contributed by atoms with Gasteiger partial charge in [0.1, 0.15) is 5.57 Å². The van der Waals surface area contributed by atoms with Gasteiger partial charge in [0.25, 0.3) is 11.8 Å². The van der Waals surface area contributed by atoms with Crippen molar-refractivity contribution in [3.05, 3.63) is 52.6 Å². The third kappa shape index (κ3) is 3.66. The smallest absolute Gasteiger partial charge is 0.270 e. The van der Waals surface area contributed by atoms with E-state index in [9.17, 15) is 14.7 Å². The molecular weight excluding hydrogens is 392 g/mol. The number of amides is 2. The van der Waals surface area contributed by atoms with Crippen LogP contribution in [0, 0.1) is 13.8 Å². The van der Waals surface area contributed by atoms with E-state index in [-0.39, 0.29) is 27.9 Å². The molecule has 0 bridgehead atoms. The molecule has 1 saturated heterocycles. The highest BCUT2D eigenvalue weighted by atomic mass is 32.1. The lowest BCUT2D eigenvalue weighted by Gasteiger charge is -2.30. The van der Waals surface area contributed by atoms with E-state index in [1.165, 1.54) is 37.3 Å². The highest BCUT2D eigenvalue weighted by Gasteiger charge is 2.35. The van der Waals surface area contributed by atoms with Crippen LogP contribution in [0.4, 0.5) is 5.69 Å². The second kappa shape index (κ2) is 7.92. The summed E-state index contributed by atoms with van der Waals surface area (Å²) < 4.78 is 10.3. The number of methoxy groups -OCH3 is 2. The first-order chi connectivity index (χ1) is 13.8. The van der Waals surface area contributed by atoms with E-state index in [1.54, 1.807) is 6.07 Å². The Morgan fingerprint density at radius 3 is 2.31 bits per heavy atom. The van der Waals surface area contributed by atoms with Gasteiger partial charge in [0.05, 0.1) is 19.9 Å². The van der Waals surface area contributed by atoms with E-state index >= 15 is 0 Å². The number of thiocarbonyl (C=S) groups is 1. The molecule has 0 aromatic heterocycles. The van der Waals surface area contributed by atoms with E-state index in [1.807, 2.05) is 26.0 Å². The molecule has 7 nitrogen and oxygen atoms in total. The van der Waals surface area contributed by atoms with Crippen LogP contribution >= 0.6 is 12.2 Å². The summed E-state index contributed by atoms with van der Waals surface area (Å²) in [6.07, 6.45) is 1.40. The van der Waals surface area contributed by atoms with E-state index in [4.69, 9.17) is 21.7 Å². The van der Waals surface area contributed by atoms with Crippen LogP contribution in [0.2, 0.25) is 0 Å². The first kappa shape index (κ1) is 20.3. The predicted molar refractivity (Wildman–Crippen MR) is 113 cm³/mol. The Bertz CT molecular complexity index is 1040. The van der Waals surface area contributed by atoms with Gasteiger partial charge in [0, 0.05) is 0 Å². The lowest BCUT2D eigenvalue weighted by Crippen LogP contribution is -2.54. The van der Waals surface area contributed by atoms with Crippen molar-refractivity contribution in [2.45, 2.75) is 13.8 Å². The Morgan fingerprint density at radius 2 is 1.72 bits per heavy atom. The number of ether oxygens (including phenoxy) is 2. The number of anilines is 1. The molecule has 1 fully saturated rings. The monoisotopic (exact) mass is 412 g/mol. The molecule has 8 heteroatoms. The van der Waals surface area contributed by atoms with Crippen molar-refractivity contribution in [1.82, 2.24) is 5.32 Å². The van der Waals surface area contributed by atoms with Gasteiger partial charge in [-0.25, -0.2) is 0 Å². The lowest BCUT2D eigenvalue weighted by atomic mass is 10.0. The number of nitrogens with one attached hydrogen (secondary N) is 1. The predicted octanol–water partition coefficient (Wildman–Crippen LogP) is 2.86. The first-order valence-corrected chi connectivity index (χ1v) is 9.12. The Morgan fingerprint density at radius 1 is 1.10 bits per heavy atom. The Labute approximate surface area is 173 Å². The largest absolute Gasteiger partial charge is 0.502 e. The highest BCUT2D eigenvalue weighted by molar-refractivity contribution is 7.80. The second-order valence-corrected chi connectivity index (χ2v) is 6.84. The van der Waals surface area contributed by atoms with Crippen molar-refractivity contribution in [2.24, 2.45) is 0 Å². The van der Waals surface area contributed by atoms with Crippen LogP contribution in [-0.4, -0.2) is 36.3 Å². The summed E-state index contributed by atoms with van der Waals surface area (Å²) in [7, 11) is 2.79. The molecule has 1 aliphatic rings. The number of benzene rings is 2. The molecule has 0 radical (unpaired) electrons. The van der Waals surface area contributed by atoms with Gasteiger partial charge in [-0.2, -0.15) is 0 Å². The van der Waals surface area contributed by atoms with Gasteiger partial charge >= 0.3 is 0 Å². The normalized spacial score (nSPS) is 15.5. The minimum atomic E-state index is -0.604. The molecule has 0 aliphatic carbocycles. The third-order valence-corrected chi connectivity index (χ3v) is 5.02. The average Bonchev–Trinajstić information content (AvgIpc) is 2.69. The molecule has 2 aromatic carbocycles. The van der Waals surface area contributed by atoms with Crippen LogP contribution < -0.4 is 19.7 Å². The zero-order valence-corrected chi connectivity index (χ0v) is 17.2. The number of phenols is 1. The number of phenolic OH excluding ortho intramolecular Hbond substituents is 1. The number of carbonyl (C=O) groups is 2. The maximum atomic E-state index is 13.2. The minimum Gasteiger partial charge on any atom is -0.502 e. The fraction of sp³-hybridized carbons (Fsp3) is 0.190. The van der Waals surface area contributed by atoms with Gasteiger partial charge in [0.2, 0.25) is 5.75 Å². The number of aryl methyl sites for hydroxylation is 1. The number of hydrogen-bond donors (Lipinski definition) is 2. The van der Waals surface area contributed by atoms with Gasteiger partial charge < -0.3 is 14.6 Å². The van der Waals surface area contributed by atoms with E-state index in [0.717, 1.165) is 11.1 Å². The molecule has 0 spiro atoms. The van der Waals surface area contributed by atoms with Crippen molar-refractivity contribution in [3.63, 3.8) is 0 Å². The van der Waals surface area contributed by atoms with Gasteiger partial charge in [-0.3, -0.25) is 19.8 Å². The third-order valence-electron chi connectivity index (χ3n) is 4.73. The van der Waals surface area contributed by atoms with Crippen molar-refractivity contribution in [1.29, 1.82) is 0 Å². The van der Waals surface area contributed by atoms with Crippen LogP contribution in [-0.2, 0) is 9.59 Å². The molecule has 150 valence electrons. The Kier molecular flexibility index (Phi) is 5.56. The number of rotatable bonds is 4. The standard InChI is InChI=1S/C21H20N2O5S/c1-11-6-5-7-15(12(11)2)23-20(26)14(19(25)22-21(23)29)8-13-9-16(27-3)18(24)17(10-13)28-4/h5-10,24H,1-4H3,(H,22,25,29)/b14-8+. The van der Waals surface area contributed by atoms with Crippen molar-refractivity contribution in [3.8, 4) is 17.2 Å². The molecule has 1 heterocycles. The fourth-order valence-electron chi connectivity index (χ4n) is 3.02. The van der Waals surface area contributed by atoms with Gasteiger partial charge in [-0.1, -0.05) is 12.1 Å². The maximum absolute atomic E-state index is 13.2. The summed E-state index contributed by atoms with van der Waals surface area (Å²) >= 11 is 5.25. The number of carbonyl (C=O) groups excluding carboxylic acids is 2. The number of nitrogens with zero attached hydrogens (tertiary/aromatic N) is 1. The summed E-state index contributed by atoms with van der Waals surface area (Å²) in [4.78, 5) is 27.0. The van der Waals surface area contributed by atoms with E-state index in [0.29, 0.717) is 11.3 Å². The average molecular weight is 412 g/mol. The molecular formula is C21H20N2O5S. The Balaban J connectivity index is 2.10. The maximum Gasteiger partial charge on any atom is 0.270 e. The molecule has 1 aliphatic heterocycles. The Hall–Kier alpha value is -3.39. The van der Waals surface area contributed by atoms with Crippen molar-refractivity contribution >= 4 is 40.9 Å². The van der Waals surface area contributed by atoms with Crippen LogP contribution in [0.25, 0.3) is 6.08 Å². The van der Waals surface area contributed by atoms with Gasteiger partial charge in [0.15, 0.2) is 16.6 Å². The molecule has 3 rings (SSSR count). The second-order valence-electron chi connectivity index (χ2n) is 6.45. The minimum absolute atomic E-state index is 0.0201. The first-order valence-electron chi connectivity index (χ1n) is 8.71. The molecule has 2 amide bonds. The molecule has 0 saturated carbocycles. The highest BCUT2D eigenvalue weighted by Crippen LogP contribution is 2.38. The summed E-state index contributed by atoms with van der Waals surface area (Å²) in [5.41, 5.74) is 2.82. The zero-order chi connectivity index (χ0) is 21.3. The molecule has 0 unspecified atom stereocenters.